The molecule has 4 rings (SSSR count). The average Bonchev–Trinajstić information content (AvgIpc) is 3.05. The molecular formula is C21H29N3O4. The topological polar surface area (TPSA) is 67.9 Å². The zero-order valence-corrected chi connectivity index (χ0v) is 16.3. The number of nitrogens with zero attached hydrogens (tertiary/aromatic N) is 3. The van der Waals surface area contributed by atoms with Gasteiger partial charge in [0.05, 0.1) is 5.52 Å². The Morgan fingerprint density at radius 3 is 2.64 bits per heavy atom. The van der Waals surface area contributed by atoms with E-state index in [1.165, 1.54) is 23.8 Å². The molecule has 0 saturated carbocycles. The first-order valence-electron chi connectivity index (χ1n) is 10.4. The minimum atomic E-state index is -0.475. The average molecular weight is 387 g/mol. The van der Waals surface area contributed by atoms with Crippen LogP contribution < -0.4 is 5.76 Å². The second-order valence-electron chi connectivity index (χ2n) is 7.75. The molecule has 2 aliphatic heterocycles. The van der Waals surface area contributed by atoms with E-state index >= 15 is 0 Å². The van der Waals surface area contributed by atoms with Crippen LogP contribution >= 0.6 is 0 Å². The molecule has 0 aliphatic carbocycles. The molecule has 3 heterocycles. The van der Waals surface area contributed by atoms with Gasteiger partial charge in [0.25, 0.3) is 0 Å². The SMILES string of the molecule is O=C(Cn1c(=O)oc2ccccc21)N(CCN1CCCCC1)C1CCOCC1. The Morgan fingerprint density at radius 1 is 1.11 bits per heavy atom. The zero-order valence-electron chi connectivity index (χ0n) is 16.3. The number of hydrogen-bond acceptors (Lipinski definition) is 5. The van der Waals surface area contributed by atoms with Crippen molar-refractivity contribution in [3.05, 3.63) is 34.8 Å². The van der Waals surface area contributed by atoms with Crippen molar-refractivity contribution >= 4 is 17.0 Å². The third-order valence-corrected chi connectivity index (χ3v) is 5.92. The first-order valence-corrected chi connectivity index (χ1v) is 10.4. The maximum absolute atomic E-state index is 13.2. The Kier molecular flexibility index (Phi) is 6.12. The van der Waals surface area contributed by atoms with Gasteiger partial charge in [-0.25, -0.2) is 4.79 Å². The van der Waals surface area contributed by atoms with Crippen LogP contribution in [-0.2, 0) is 16.1 Å². The van der Waals surface area contributed by atoms with E-state index in [0.29, 0.717) is 30.9 Å². The van der Waals surface area contributed by atoms with Crippen LogP contribution in [0.15, 0.2) is 33.5 Å². The number of rotatable bonds is 6. The first kappa shape index (κ1) is 19.2. The number of likely N-dealkylation sites (tertiary alicyclic amines) is 1. The van der Waals surface area contributed by atoms with E-state index in [2.05, 4.69) is 4.90 Å². The molecule has 0 spiro atoms. The summed E-state index contributed by atoms with van der Waals surface area (Å²) in [4.78, 5) is 29.9. The predicted molar refractivity (Wildman–Crippen MR) is 106 cm³/mol. The van der Waals surface area contributed by atoms with E-state index in [0.717, 1.165) is 32.5 Å². The molecule has 152 valence electrons. The number of oxazole rings is 1. The summed E-state index contributed by atoms with van der Waals surface area (Å²) in [6, 6.07) is 7.43. The molecule has 0 N–H and O–H groups in total. The molecule has 2 aromatic rings. The molecule has 0 atom stereocenters. The lowest BCUT2D eigenvalue weighted by molar-refractivity contribution is -0.136. The summed E-state index contributed by atoms with van der Waals surface area (Å²) in [6.45, 7) is 5.22. The number of benzene rings is 1. The van der Waals surface area contributed by atoms with Crippen molar-refractivity contribution in [3.8, 4) is 0 Å². The Balaban J connectivity index is 1.49. The molecule has 7 nitrogen and oxygen atoms in total. The third-order valence-electron chi connectivity index (χ3n) is 5.92. The standard InChI is InChI=1S/C21H29N3O4/c25-20(16-24-18-6-2-3-7-19(18)28-21(24)26)23(17-8-14-27-15-9-17)13-12-22-10-4-1-5-11-22/h2-3,6-7,17H,1,4-5,8-16H2. The summed E-state index contributed by atoms with van der Waals surface area (Å²) in [7, 11) is 0. The van der Waals surface area contributed by atoms with Crippen LogP contribution in [-0.4, -0.2) is 65.7 Å². The number of fused-ring (bicyclic) bond motifs is 1. The molecule has 2 fully saturated rings. The number of amides is 1. The number of hydrogen-bond donors (Lipinski definition) is 0. The fraction of sp³-hybridized carbons (Fsp3) is 0.619. The predicted octanol–water partition coefficient (Wildman–Crippen LogP) is 2.09. The van der Waals surface area contributed by atoms with Crippen molar-refractivity contribution in [1.82, 2.24) is 14.4 Å². The highest BCUT2D eigenvalue weighted by molar-refractivity contribution is 5.79. The van der Waals surface area contributed by atoms with Gasteiger partial charge < -0.3 is 19.0 Å². The van der Waals surface area contributed by atoms with Gasteiger partial charge in [0, 0.05) is 32.3 Å². The van der Waals surface area contributed by atoms with Gasteiger partial charge in [0.15, 0.2) is 5.58 Å². The molecule has 0 unspecified atom stereocenters. The molecular weight excluding hydrogens is 358 g/mol. The molecule has 28 heavy (non-hydrogen) atoms. The summed E-state index contributed by atoms with van der Waals surface area (Å²) in [5.41, 5.74) is 1.19. The summed E-state index contributed by atoms with van der Waals surface area (Å²) >= 11 is 0. The zero-order chi connectivity index (χ0) is 19.3. The van der Waals surface area contributed by atoms with Gasteiger partial charge in [0.1, 0.15) is 6.54 Å². The fourth-order valence-corrected chi connectivity index (χ4v) is 4.33. The van der Waals surface area contributed by atoms with Crippen LogP contribution in [0.3, 0.4) is 0 Å². The van der Waals surface area contributed by atoms with E-state index in [1.807, 2.05) is 23.1 Å². The van der Waals surface area contributed by atoms with Gasteiger partial charge in [0.2, 0.25) is 5.91 Å². The Bertz CT molecular complexity index is 847. The Hall–Kier alpha value is -2.12. The Labute approximate surface area is 164 Å². The maximum Gasteiger partial charge on any atom is 0.420 e. The lowest BCUT2D eigenvalue weighted by Gasteiger charge is -2.36. The molecule has 1 aromatic carbocycles. The fourth-order valence-electron chi connectivity index (χ4n) is 4.33. The molecule has 1 amide bonds. The first-order chi connectivity index (χ1) is 13.7. The van der Waals surface area contributed by atoms with Crippen molar-refractivity contribution < 1.29 is 13.9 Å². The van der Waals surface area contributed by atoms with Crippen LogP contribution in [0.4, 0.5) is 0 Å². The molecule has 0 bridgehead atoms. The summed E-state index contributed by atoms with van der Waals surface area (Å²) < 4.78 is 12.2. The maximum atomic E-state index is 13.2. The van der Waals surface area contributed by atoms with Crippen LogP contribution in [0, 0.1) is 0 Å². The minimum absolute atomic E-state index is 0.0161. The van der Waals surface area contributed by atoms with Crippen molar-refractivity contribution in [1.29, 1.82) is 0 Å². The van der Waals surface area contributed by atoms with E-state index in [-0.39, 0.29) is 18.5 Å². The summed E-state index contributed by atoms with van der Waals surface area (Å²) in [6.07, 6.45) is 5.48. The van der Waals surface area contributed by atoms with Crippen molar-refractivity contribution in [2.24, 2.45) is 0 Å². The second-order valence-corrected chi connectivity index (χ2v) is 7.75. The van der Waals surface area contributed by atoms with Crippen LogP contribution in [0.2, 0.25) is 0 Å². The van der Waals surface area contributed by atoms with Gasteiger partial charge >= 0.3 is 5.76 Å². The molecule has 2 saturated heterocycles. The smallest absolute Gasteiger partial charge is 0.408 e. The third kappa shape index (κ3) is 4.31. The number of carbonyl (C=O) groups is 1. The monoisotopic (exact) mass is 387 g/mol. The van der Waals surface area contributed by atoms with Crippen LogP contribution in [0.5, 0.6) is 0 Å². The minimum Gasteiger partial charge on any atom is -0.408 e. The lowest BCUT2D eigenvalue weighted by Crippen LogP contribution is -2.49. The number of piperidine rings is 1. The van der Waals surface area contributed by atoms with E-state index < -0.39 is 5.76 Å². The largest absolute Gasteiger partial charge is 0.420 e. The highest BCUT2D eigenvalue weighted by Crippen LogP contribution is 2.18. The van der Waals surface area contributed by atoms with Gasteiger partial charge in [-0.2, -0.15) is 0 Å². The summed E-state index contributed by atoms with van der Waals surface area (Å²) in [5, 5.41) is 0. The highest BCUT2D eigenvalue weighted by Gasteiger charge is 2.27. The van der Waals surface area contributed by atoms with Crippen molar-refractivity contribution in [2.45, 2.75) is 44.7 Å². The van der Waals surface area contributed by atoms with Crippen molar-refractivity contribution in [3.63, 3.8) is 0 Å². The van der Waals surface area contributed by atoms with Crippen molar-refractivity contribution in [2.75, 3.05) is 39.4 Å². The molecule has 7 heteroatoms. The number of carbonyl (C=O) groups excluding carboxylic acids is 1. The normalized spacial score (nSPS) is 19.1. The Morgan fingerprint density at radius 2 is 1.86 bits per heavy atom. The van der Waals surface area contributed by atoms with E-state index in [1.54, 1.807) is 6.07 Å². The van der Waals surface area contributed by atoms with Gasteiger partial charge in [-0.15, -0.1) is 0 Å². The lowest BCUT2D eigenvalue weighted by atomic mass is 10.1. The molecule has 0 radical (unpaired) electrons. The molecule has 2 aliphatic rings. The number of ether oxygens (including phenoxy) is 1. The summed E-state index contributed by atoms with van der Waals surface area (Å²) in [5.74, 6) is -0.491. The van der Waals surface area contributed by atoms with Gasteiger partial charge in [-0.3, -0.25) is 9.36 Å². The van der Waals surface area contributed by atoms with Crippen LogP contribution in [0.1, 0.15) is 32.1 Å². The quantitative estimate of drug-likeness (QED) is 0.759. The highest BCUT2D eigenvalue weighted by atomic mass is 16.5. The number of aromatic nitrogens is 1. The van der Waals surface area contributed by atoms with Gasteiger partial charge in [-0.05, 0) is 50.9 Å². The van der Waals surface area contributed by atoms with E-state index in [4.69, 9.17) is 9.15 Å². The molecule has 1 aromatic heterocycles. The second kappa shape index (κ2) is 8.92. The van der Waals surface area contributed by atoms with Crippen LogP contribution in [0.25, 0.3) is 11.1 Å². The van der Waals surface area contributed by atoms with E-state index in [9.17, 15) is 9.59 Å². The van der Waals surface area contributed by atoms with Gasteiger partial charge in [-0.1, -0.05) is 18.6 Å². The number of para-hydroxylation sites is 2.